The summed E-state index contributed by atoms with van der Waals surface area (Å²) in [6.07, 6.45) is -4.43. The number of hydrogen-bond acceptors (Lipinski definition) is 7. The number of benzene rings is 2. The number of nitrogens with one attached hydrogen (secondary N) is 1. The molecule has 4 rings (SSSR count). The minimum Gasteiger partial charge on any atom is -0.480 e. The van der Waals surface area contributed by atoms with Crippen molar-refractivity contribution < 1.29 is 51.3 Å². The number of likely N-dealkylation sites (tertiary alicyclic amines) is 2. The van der Waals surface area contributed by atoms with Crippen LogP contribution < -0.4 is 11.1 Å². The number of ether oxygens (including phenoxy) is 2. The second-order valence-electron chi connectivity index (χ2n) is 13.6. The Labute approximate surface area is 304 Å². The molecule has 2 saturated heterocycles. The highest BCUT2D eigenvalue weighted by molar-refractivity contribution is 6.31. The average Bonchev–Trinajstić information content (AvgIpc) is 3.61. The monoisotopic (exact) mass is 766 g/mol. The summed E-state index contributed by atoms with van der Waals surface area (Å²) < 4.78 is 63.7. The number of carbonyl (C=O) groups is 4. The van der Waals surface area contributed by atoms with Gasteiger partial charge in [0.1, 0.15) is 47.3 Å². The van der Waals surface area contributed by atoms with E-state index in [4.69, 9.17) is 43.5 Å². The predicted octanol–water partition coefficient (Wildman–Crippen LogP) is 6.80. The van der Waals surface area contributed by atoms with Gasteiger partial charge in [0, 0.05) is 37.1 Å². The Morgan fingerprint density at radius 1 is 0.804 bits per heavy atom. The fraction of sp³-hybridized carbons (Fsp3) is 0.529. The van der Waals surface area contributed by atoms with Gasteiger partial charge in [-0.1, -0.05) is 47.5 Å². The fourth-order valence-corrected chi connectivity index (χ4v) is 5.18. The fourth-order valence-electron chi connectivity index (χ4n) is 4.79. The third kappa shape index (κ3) is 13.7. The largest absolute Gasteiger partial charge is 0.480 e. The minimum absolute atomic E-state index is 0.0492. The van der Waals surface area contributed by atoms with Gasteiger partial charge in [-0.2, -0.15) is 0 Å². The summed E-state index contributed by atoms with van der Waals surface area (Å²) in [6.45, 7) is 9.72. The van der Waals surface area contributed by atoms with Crippen molar-refractivity contribution >= 4 is 47.3 Å². The van der Waals surface area contributed by atoms with Gasteiger partial charge in [-0.15, -0.1) is 0 Å². The number of nitrogens with zero attached hydrogens (tertiary/aromatic N) is 2. The van der Waals surface area contributed by atoms with E-state index in [0.29, 0.717) is 5.56 Å². The molecular formula is C34H44Cl2F4N4O7. The Morgan fingerprint density at radius 3 is 1.63 bits per heavy atom. The van der Waals surface area contributed by atoms with Gasteiger partial charge in [0.05, 0.1) is 23.1 Å². The number of rotatable bonds is 5. The van der Waals surface area contributed by atoms with Crippen LogP contribution in [0.25, 0.3) is 0 Å². The molecule has 11 nitrogen and oxygen atoms in total. The van der Waals surface area contributed by atoms with Crippen molar-refractivity contribution in [1.82, 2.24) is 15.1 Å². The van der Waals surface area contributed by atoms with Crippen molar-refractivity contribution in [3.63, 3.8) is 0 Å². The molecule has 0 aliphatic carbocycles. The van der Waals surface area contributed by atoms with Gasteiger partial charge in [-0.3, -0.25) is 14.6 Å². The van der Waals surface area contributed by atoms with E-state index in [2.05, 4.69) is 5.32 Å². The zero-order chi connectivity index (χ0) is 38.8. The molecule has 17 heteroatoms. The van der Waals surface area contributed by atoms with E-state index < -0.39 is 71.3 Å². The van der Waals surface area contributed by atoms with Crippen LogP contribution in [0.1, 0.15) is 65.5 Å². The Bertz CT molecular complexity index is 1540. The SMILES string of the molecule is CC(C)(C)OC(=O)N1C[C@H](F)C[C@H]1C(=O)NCc1cccc(Cl)c1F.CC(C)(C)OC(=O)N1C[C@H](F)C[C@H]1C(=O)O.NCc1cccc(Cl)c1F. The number of halogens is 6. The van der Waals surface area contributed by atoms with Crippen LogP contribution in [0, 0.1) is 11.6 Å². The molecule has 3 amide bonds. The number of alkyl halides is 2. The van der Waals surface area contributed by atoms with Gasteiger partial charge in [0.15, 0.2) is 0 Å². The second-order valence-corrected chi connectivity index (χ2v) is 14.5. The number of carbonyl (C=O) groups excluding carboxylic acids is 3. The number of hydrogen-bond donors (Lipinski definition) is 3. The molecule has 0 saturated carbocycles. The average molecular weight is 768 g/mol. The first-order valence-corrected chi connectivity index (χ1v) is 16.6. The first-order valence-electron chi connectivity index (χ1n) is 15.9. The van der Waals surface area contributed by atoms with Crippen molar-refractivity contribution in [2.24, 2.45) is 5.73 Å². The lowest BCUT2D eigenvalue weighted by molar-refractivity contribution is -0.142. The summed E-state index contributed by atoms with van der Waals surface area (Å²) in [5.41, 5.74) is 4.41. The van der Waals surface area contributed by atoms with Gasteiger partial charge in [-0.05, 0) is 53.7 Å². The third-order valence-electron chi connectivity index (χ3n) is 7.08. The zero-order valence-electron chi connectivity index (χ0n) is 29.2. The van der Waals surface area contributed by atoms with Crippen LogP contribution in [0.2, 0.25) is 10.0 Å². The molecule has 2 aliphatic rings. The molecule has 0 unspecified atom stereocenters. The smallest absolute Gasteiger partial charge is 0.411 e. The zero-order valence-corrected chi connectivity index (χ0v) is 30.7. The van der Waals surface area contributed by atoms with E-state index in [-0.39, 0.29) is 54.6 Å². The lowest BCUT2D eigenvalue weighted by Crippen LogP contribution is -2.47. The highest BCUT2D eigenvalue weighted by Gasteiger charge is 2.43. The molecule has 51 heavy (non-hydrogen) atoms. The molecule has 284 valence electrons. The molecule has 2 fully saturated rings. The summed E-state index contributed by atoms with van der Waals surface area (Å²) in [4.78, 5) is 48.9. The molecule has 2 aromatic carbocycles. The Morgan fingerprint density at radius 2 is 1.22 bits per heavy atom. The van der Waals surface area contributed by atoms with E-state index in [1.54, 1.807) is 59.7 Å². The highest BCUT2D eigenvalue weighted by atomic mass is 35.5. The molecule has 0 spiro atoms. The number of aliphatic carboxylic acids is 1. The summed E-state index contributed by atoms with van der Waals surface area (Å²) in [5.74, 6) is -2.80. The Kier molecular flexibility index (Phi) is 15.8. The maximum Gasteiger partial charge on any atom is 0.411 e. The van der Waals surface area contributed by atoms with Crippen LogP contribution in [0.15, 0.2) is 36.4 Å². The number of amides is 3. The topological polar surface area (TPSA) is 152 Å². The van der Waals surface area contributed by atoms with E-state index in [0.717, 1.165) is 9.80 Å². The van der Waals surface area contributed by atoms with Crippen LogP contribution in [-0.2, 0) is 32.2 Å². The Balaban J connectivity index is 0.000000295. The van der Waals surface area contributed by atoms with E-state index in [1.165, 1.54) is 18.2 Å². The molecule has 0 aromatic heterocycles. The molecular weight excluding hydrogens is 723 g/mol. The van der Waals surface area contributed by atoms with Gasteiger partial charge < -0.3 is 25.6 Å². The Hall–Kier alpha value is -3.82. The van der Waals surface area contributed by atoms with Crippen LogP contribution in [0.4, 0.5) is 27.2 Å². The van der Waals surface area contributed by atoms with Gasteiger partial charge in [-0.25, -0.2) is 31.9 Å². The van der Waals surface area contributed by atoms with Crippen molar-refractivity contribution in [3.8, 4) is 0 Å². The molecule has 2 heterocycles. The number of nitrogens with two attached hydrogens (primary N) is 1. The van der Waals surface area contributed by atoms with Gasteiger partial charge in [0.2, 0.25) is 5.91 Å². The van der Waals surface area contributed by atoms with Crippen LogP contribution in [-0.4, -0.2) is 87.7 Å². The van der Waals surface area contributed by atoms with E-state index >= 15 is 0 Å². The maximum atomic E-state index is 13.9. The lowest BCUT2D eigenvalue weighted by atomic mass is 10.1. The van der Waals surface area contributed by atoms with Gasteiger partial charge >= 0.3 is 18.2 Å². The van der Waals surface area contributed by atoms with Crippen molar-refractivity contribution in [2.45, 2.75) is 103 Å². The second kappa shape index (κ2) is 18.6. The normalized spacial score (nSPS) is 20.0. The molecule has 2 aromatic rings. The lowest BCUT2D eigenvalue weighted by Gasteiger charge is -2.27. The van der Waals surface area contributed by atoms with Crippen LogP contribution in [0.3, 0.4) is 0 Å². The first-order chi connectivity index (χ1) is 23.5. The molecule has 4 N–H and O–H groups in total. The summed E-state index contributed by atoms with van der Waals surface area (Å²) in [5, 5.41) is 11.4. The van der Waals surface area contributed by atoms with E-state index in [9.17, 15) is 36.7 Å². The van der Waals surface area contributed by atoms with Crippen molar-refractivity contribution in [1.29, 1.82) is 0 Å². The first kappa shape index (κ1) is 43.3. The summed E-state index contributed by atoms with van der Waals surface area (Å²) in [7, 11) is 0. The standard InChI is InChI=1S/C17H21ClF2N2O3.C10H16FNO4.C7H7ClFN/c1-17(2,3)25-16(24)22-9-11(19)7-13(22)15(23)21-8-10-5-4-6-12(18)14(10)20;1-10(2,3)16-9(15)12-5-6(11)4-7(12)8(13)14;8-6-3-1-2-5(4-10)7(6)9/h4-6,11,13H,7-9H2,1-3H3,(H,21,23);6-7H,4-5H2,1-3H3,(H,13,14);1-3H,4,10H2/t11-,13+;6-,7+;/m11./s1. The van der Waals surface area contributed by atoms with Crippen molar-refractivity contribution in [2.75, 3.05) is 13.1 Å². The third-order valence-corrected chi connectivity index (χ3v) is 7.66. The number of carboxylic acid groups (broad SMARTS) is 1. The van der Waals surface area contributed by atoms with E-state index in [1.807, 2.05) is 0 Å². The molecule has 4 atom stereocenters. The highest BCUT2D eigenvalue weighted by Crippen LogP contribution is 2.25. The minimum atomic E-state index is -1.31. The molecule has 0 bridgehead atoms. The van der Waals surface area contributed by atoms with Crippen LogP contribution >= 0.6 is 23.2 Å². The molecule has 2 aliphatic heterocycles. The quantitative estimate of drug-likeness (QED) is 0.281. The maximum absolute atomic E-state index is 13.9. The number of carboxylic acids is 1. The predicted molar refractivity (Wildman–Crippen MR) is 183 cm³/mol. The summed E-state index contributed by atoms with van der Waals surface area (Å²) >= 11 is 11.2. The summed E-state index contributed by atoms with van der Waals surface area (Å²) in [6, 6.07) is 7.12. The molecule has 0 radical (unpaired) electrons. The van der Waals surface area contributed by atoms with Crippen molar-refractivity contribution in [3.05, 3.63) is 69.2 Å². The van der Waals surface area contributed by atoms with Gasteiger partial charge in [0.25, 0.3) is 0 Å². The van der Waals surface area contributed by atoms with Crippen LogP contribution in [0.5, 0.6) is 0 Å².